The van der Waals surface area contributed by atoms with Gasteiger partial charge < -0.3 is 4.74 Å². The van der Waals surface area contributed by atoms with Crippen LogP contribution in [0.3, 0.4) is 0 Å². The van der Waals surface area contributed by atoms with E-state index in [1.807, 2.05) is 24.3 Å². The minimum Gasteiger partial charge on any atom is -0.469 e. The van der Waals surface area contributed by atoms with Crippen molar-refractivity contribution in [3.63, 3.8) is 0 Å². The van der Waals surface area contributed by atoms with E-state index in [4.69, 9.17) is 27.9 Å². The third kappa shape index (κ3) is 4.27. The Kier molecular flexibility index (Phi) is 5.95. The van der Waals surface area contributed by atoms with Gasteiger partial charge in [-0.1, -0.05) is 46.7 Å². The van der Waals surface area contributed by atoms with Crippen LogP contribution < -0.4 is 5.56 Å². The SMILES string of the molecule is COC(=O)Cc1[nH]n(-c2nc3ccccc3s2)c(=O)c1C(C)=Nc1ccc(Cl)cc1Cl. The molecule has 0 radical (unpaired) electrons. The number of nitrogens with one attached hydrogen (secondary N) is 1. The highest BCUT2D eigenvalue weighted by molar-refractivity contribution is 7.20. The first-order valence-corrected chi connectivity index (χ1v) is 10.7. The van der Waals surface area contributed by atoms with Crippen molar-refractivity contribution in [3.8, 4) is 5.13 Å². The fourth-order valence-corrected chi connectivity index (χ4v) is 4.48. The maximum atomic E-state index is 13.3. The van der Waals surface area contributed by atoms with Crippen molar-refractivity contribution in [2.75, 3.05) is 7.11 Å². The largest absolute Gasteiger partial charge is 0.469 e. The standard InChI is InChI=1S/C21H16Cl2N4O3S/c1-11(24-14-8-7-12(22)9-13(14)23)19-16(10-18(28)30-2)26-27(20(19)29)21-25-15-5-3-4-6-17(15)31-21/h3-9,26H,10H2,1-2H3. The molecule has 0 saturated heterocycles. The number of carbonyl (C=O) groups is 1. The van der Waals surface area contributed by atoms with Crippen molar-refractivity contribution >= 4 is 62.1 Å². The Morgan fingerprint density at radius 2 is 2.03 bits per heavy atom. The number of benzene rings is 2. The van der Waals surface area contributed by atoms with Gasteiger partial charge in [0.15, 0.2) is 0 Å². The van der Waals surface area contributed by atoms with Crippen molar-refractivity contribution in [3.05, 3.63) is 74.1 Å². The summed E-state index contributed by atoms with van der Waals surface area (Å²) in [5.74, 6) is -0.490. The summed E-state index contributed by atoms with van der Waals surface area (Å²) in [5, 5.41) is 4.29. The van der Waals surface area contributed by atoms with Gasteiger partial charge >= 0.3 is 5.97 Å². The van der Waals surface area contributed by atoms with Crippen LogP contribution in [-0.4, -0.2) is 33.6 Å². The zero-order valence-corrected chi connectivity index (χ0v) is 18.8. The third-order valence-corrected chi connectivity index (χ3v) is 6.11. The van der Waals surface area contributed by atoms with Crippen molar-refractivity contribution in [1.29, 1.82) is 0 Å². The molecule has 31 heavy (non-hydrogen) atoms. The van der Waals surface area contributed by atoms with Crippen molar-refractivity contribution in [2.24, 2.45) is 4.99 Å². The Bertz CT molecular complexity index is 1350. The lowest BCUT2D eigenvalue weighted by molar-refractivity contribution is -0.139. The van der Waals surface area contributed by atoms with E-state index < -0.39 is 5.97 Å². The fourth-order valence-electron chi connectivity index (χ4n) is 3.10. The first-order chi connectivity index (χ1) is 14.9. The lowest BCUT2D eigenvalue weighted by Gasteiger charge is -2.03. The molecule has 2 aromatic carbocycles. The van der Waals surface area contributed by atoms with Gasteiger partial charge in [-0.2, -0.15) is 4.68 Å². The highest BCUT2D eigenvalue weighted by Gasteiger charge is 2.22. The number of aliphatic imine (C=N–C) groups is 1. The highest BCUT2D eigenvalue weighted by Crippen LogP contribution is 2.29. The van der Waals surface area contributed by atoms with Crippen molar-refractivity contribution in [2.45, 2.75) is 13.3 Å². The van der Waals surface area contributed by atoms with E-state index in [1.165, 1.54) is 23.1 Å². The minimum absolute atomic E-state index is 0.125. The first kappa shape index (κ1) is 21.3. The molecule has 0 fully saturated rings. The summed E-state index contributed by atoms with van der Waals surface area (Å²) in [6.07, 6.45) is -0.125. The van der Waals surface area contributed by atoms with Gasteiger partial charge in [0.25, 0.3) is 5.56 Å². The number of nitrogens with zero attached hydrogens (tertiary/aromatic N) is 3. The monoisotopic (exact) mass is 474 g/mol. The molecule has 1 N–H and O–H groups in total. The maximum absolute atomic E-state index is 13.3. The van der Waals surface area contributed by atoms with Crippen LogP contribution >= 0.6 is 34.5 Å². The molecule has 0 aliphatic carbocycles. The zero-order chi connectivity index (χ0) is 22.1. The molecule has 0 spiro atoms. The van der Waals surface area contributed by atoms with Gasteiger partial charge in [-0.15, -0.1) is 0 Å². The number of rotatable bonds is 5. The molecule has 2 aromatic heterocycles. The summed E-state index contributed by atoms with van der Waals surface area (Å²) in [6, 6.07) is 12.5. The van der Waals surface area contributed by atoms with Gasteiger partial charge in [0.1, 0.15) is 0 Å². The smallest absolute Gasteiger partial charge is 0.311 e. The van der Waals surface area contributed by atoms with Gasteiger partial charge in [-0.05, 0) is 37.3 Å². The lowest BCUT2D eigenvalue weighted by atomic mass is 10.1. The molecule has 0 unspecified atom stereocenters. The molecule has 2 heterocycles. The number of ether oxygens (including phenoxy) is 1. The van der Waals surface area contributed by atoms with Crippen LogP contribution in [0.15, 0.2) is 52.3 Å². The molecular weight excluding hydrogens is 459 g/mol. The molecule has 4 aromatic rings. The Balaban J connectivity index is 1.86. The Labute approximate surface area is 190 Å². The number of H-pyrrole nitrogens is 1. The van der Waals surface area contributed by atoms with Crippen LogP contribution in [0.5, 0.6) is 0 Å². The number of hydrogen-bond donors (Lipinski definition) is 1. The van der Waals surface area contributed by atoms with Crippen molar-refractivity contribution < 1.29 is 9.53 Å². The predicted molar refractivity (Wildman–Crippen MR) is 124 cm³/mol. The zero-order valence-electron chi connectivity index (χ0n) is 16.5. The summed E-state index contributed by atoms with van der Waals surface area (Å²) in [4.78, 5) is 34.3. The molecule has 0 amide bonds. The summed E-state index contributed by atoms with van der Waals surface area (Å²) < 4.78 is 7.04. The summed E-state index contributed by atoms with van der Waals surface area (Å²) in [5.41, 5.74) is 1.89. The Hall–Kier alpha value is -2.94. The van der Waals surface area contributed by atoms with E-state index in [0.717, 1.165) is 10.2 Å². The lowest BCUT2D eigenvalue weighted by Crippen LogP contribution is -2.20. The Morgan fingerprint density at radius 3 is 2.74 bits per heavy atom. The number of carbonyl (C=O) groups excluding carboxylic acids is 1. The van der Waals surface area contributed by atoms with E-state index in [9.17, 15) is 9.59 Å². The molecule has 0 bridgehead atoms. The number of thiazole rings is 1. The van der Waals surface area contributed by atoms with E-state index in [-0.39, 0.29) is 17.5 Å². The molecule has 158 valence electrons. The topological polar surface area (TPSA) is 89.3 Å². The number of hydrogen-bond acceptors (Lipinski definition) is 6. The summed E-state index contributed by atoms with van der Waals surface area (Å²) >= 11 is 13.5. The quantitative estimate of drug-likeness (QED) is 0.327. The van der Waals surface area contributed by atoms with Crippen LogP contribution in [0, 0.1) is 0 Å². The van der Waals surface area contributed by atoms with Crippen LogP contribution in [0.4, 0.5) is 5.69 Å². The van der Waals surface area contributed by atoms with E-state index in [1.54, 1.807) is 25.1 Å². The number of aromatic amines is 1. The molecular formula is C21H16Cl2N4O3S. The average Bonchev–Trinajstić information content (AvgIpc) is 3.30. The minimum atomic E-state index is -0.490. The highest BCUT2D eigenvalue weighted by atomic mass is 35.5. The first-order valence-electron chi connectivity index (χ1n) is 9.14. The van der Waals surface area contributed by atoms with Crippen LogP contribution in [0.25, 0.3) is 15.3 Å². The molecule has 4 rings (SSSR count). The number of fused-ring (bicyclic) bond motifs is 1. The summed E-state index contributed by atoms with van der Waals surface area (Å²) in [6.45, 7) is 1.68. The van der Waals surface area contributed by atoms with Crippen molar-refractivity contribution in [1.82, 2.24) is 14.8 Å². The third-order valence-electron chi connectivity index (χ3n) is 4.55. The van der Waals surface area contributed by atoms with Crippen LogP contribution in [0.2, 0.25) is 10.0 Å². The molecule has 0 saturated carbocycles. The average molecular weight is 475 g/mol. The molecule has 0 aliphatic rings. The maximum Gasteiger partial charge on any atom is 0.311 e. The molecule has 10 heteroatoms. The van der Waals surface area contributed by atoms with Gasteiger partial charge in [-0.25, -0.2) is 4.98 Å². The van der Waals surface area contributed by atoms with E-state index >= 15 is 0 Å². The predicted octanol–water partition coefficient (Wildman–Crippen LogP) is 4.94. The van der Waals surface area contributed by atoms with Gasteiger partial charge in [0, 0.05) is 5.02 Å². The molecule has 0 aliphatic heterocycles. The van der Waals surface area contributed by atoms with Crippen LogP contribution in [0.1, 0.15) is 18.2 Å². The van der Waals surface area contributed by atoms with Gasteiger partial charge in [0.2, 0.25) is 5.13 Å². The molecule has 7 nitrogen and oxygen atoms in total. The van der Waals surface area contributed by atoms with Gasteiger partial charge in [-0.3, -0.25) is 19.7 Å². The fraction of sp³-hybridized carbons (Fsp3) is 0.143. The number of methoxy groups -OCH3 is 1. The second kappa shape index (κ2) is 8.66. The van der Waals surface area contributed by atoms with E-state index in [2.05, 4.69) is 15.1 Å². The van der Waals surface area contributed by atoms with E-state index in [0.29, 0.717) is 32.3 Å². The second-order valence-corrected chi connectivity index (χ2v) is 8.47. The van der Waals surface area contributed by atoms with Gasteiger partial charge in [0.05, 0.1) is 51.4 Å². The number of aromatic nitrogens is 3. The number of para-hydroxylation sites is 1. The normalized spacial score (nSPS) is 11.8. The second-order valence-electron chi connectivity index (χ2n) is 6.62. The summed E-state index contributed by atoms with van der Waals surface area (Å²) in [7, 11) is 1.29. The van der Waals surface area contributed by atoms with Crippen LogP contribution in [-0.2, 0) is 16.0 Å². The Morgan fingerprint density at radius 1 is 1.26 bits per heavy atom. The number of esters is 1. The molecule has 0 atom stereocenters. The number of halogens is 2.